The van der Waals surface area contributed by atoms with Crippen molar-refractivity contribution in [2.24, 2.45) is 0 Å². The van der Waals surface area contributed by atoms with Crippen molar-refractivity contribution in [3.05, 3.63) is 50.1 Å². The predicted molar refractivity (Wildman–Crippen MR) is 89.8 cm³/mol. The van der Waals surface area contributed by atoms with Crippen LogP contribution in [-0.2, 0) is 13.0 Å². The second-order valence-corrected chi connectivity index (χ2v) is 7.08. The Morgan fingerprint density at radius 2 is 2.14 bits per heavy atom. The van der Waals surface area contributed by atoms with Crippen LogP contribution in [0.15, 0.2) is 29.6 Å². The van der Waals surface area contributed by atoms with Gasteiger partial charge < -0.3 is 10.1 Å². The minimum atomic E-state index is 0.585. The maximum Gasteiger partial charge on any atom is 0.142 e. The van der Waals surface area contributed by atoms with Gasteiger partial charge in [-0.05, 0) is 36.4 Å². The molecule has 0 aliphatic heterocycles. The van der Waals surface area contributed by atoms with Gasteiger partial charge in [-0.15, -0.1) is 11.3 Å². The standard InChI is InChI=1S/C16H17Cl2NOS/c17-12-8-11(10-19-13-3-4-13)16(15(18)9-12)20-6-5-14-2-1-7-21-14/h1-2,7-9,13,19H,3-6,10H2. The monoisotopic (exact) mass is 341 g/mol. The fourth-order valence-corrected chi connectivity index (χ4v) is 3.44. The van der Waals surface area contributed by atoms with Crippen LogP contribution in [0.1, 0.15) is 23.3 Å². The topological polar surface area (TPSA) is 21.3 Å². The molecule has 0 unspecified atom stereocenters. The summed E-state index contributed by atoms with van der Waals surface area (Å²) in [6.07, 6.45) is 3.40. The number of hydrogen-bond donors (Lipinski definition) is 1. The summed E-state index contributed by atoms with van der Waals surface area (Å²) in [6.45, 7) is 1.37. The zero-order chi connectivity index (χ0) is 14.7. The lowest BCUT2D eigenvalue weighted by atomic mass is 10.2. The summed E-state index contributed by atoms with van der Waals surface area (Å²) in [7, 11) is 0. The number of rotatable bonds is 7. The van der Waals surface area contributed by atoms with E-state index in [9.17, 15) is 0 Å². The lowest BCUT2D eigenvalue weighted by Gasteiger charge is -2.14. The average Bonchev–Trinajstić information content (AvgIpc) is 3.14. The number of halogens is 2. The van der Waals surface area contributed by atoms with E-state index in [0.29, 0.717) is 22.7 Å². The summed E-state index contributed by atoms with van der Waals surface area (Å²) in [4.78, 5) is 1.32. The van der Waals surface area contributed by atoms with Crippen molar-refractivity contribution in [1.29, 1.82) is 0 Å². The molecule has 112 valence electrons. The van der Waals surface area contributed by atoms with Gasteiger partial charge in [-0.2, -0.15) is 0 Å². The zero-order valence-electron chi connectivity index (χ0n) is 11.6. The first-order valence-electron chi connectivity index (χ1n) is 7.09. The van der Waals surface area contributed by atoms with Gasteiger partial charge in [-0.3, -0.25) is 0 Å². The molecule has 1 aliphatic rings. The van der Waals surface area contributed by atoms with Gasteiger partial charge in [0, 0.05) is 34.5 Å². The molecule has 1 fully saturated rings. The molecule has 3 rings (SSSR count). The number of hydrogen-bond acceptors (Lipinski definition) is 3. The van der Waals surface area contributed by atoms with E-state index in [-0.39, 0.29) is 0 Å². The Balaban J connectivity index is 1.65. The predicted octanol–water partition coefficient (Wildman–Crippen LogP) is 4.93. The maximum absolute atomic E-state index is 6.29. The Labute approximate surface area is 139 Å². The van der Waals surface area contributed by atoms with Gasteiger partial charge in [0.25, 0.3) is 0 Å². The van der Waals surface area contributed by atoms with Crippen molar-refractivity contribution in [1.82, 2.24) is 5.32 Å². The third kappa shape index (κ3) is 4.36. The number of nitrogens with one attached hydrogen (secondary N) is 1. The van der Waals surface area contributed by atoms with Crippen molar-refractivity contribution >= 4 is 34.5 Å². The van der Waals surface area contributed by atoms with Crippen LogP contribution in [-0.4, -0.2) is 12.6 Å². The summed E-state index contributed by atoms with van der Waals surface area (Å²) >= 11 is 14.1. The highest BCUT2D eigenvalue weighted by Crippen LogP contribution is 2.33. The maximum atomic E-state index is 6.29. The van der Waals surface area contributed by atoms with Gasteiger partial charge in [0.05, 0.1) is 11.6 Å². The molecule has 2 aromatic rings. The first kappa shape index (κ1) is 15.2. The fraction of sp³-hybridized carbons (Fsp3) is 0.375. The van der Waals surface area contributed by atoms with Gasteiger partial charge in [0.1, 0.15) is 5.75 Å². The minimum absolute atomic E-state index is 0.585. The summed E-state index contributed by atoms with van der Waals surface area (Å²) in [5.74, 6) is 0.755. The first-order chi connectivity index (χ1) is 10.2. The molecule has 1 aromatic carbocycles. The van der Waals surface area contributed by atoms with Crippen LogP contribution in [0.4, 0.5) is 0 Å². The molecule has 2 nitrogen and oxygen atoms in total. The molecule has 0 amide bonds. The molecule has 0 radical (unpaired) electrons. The minimum Gasteiger partial charge on any atom is -0.491 e. The molecule has 0 spiro atoms. The van der Waals surface area contributed by atoms with Gasteiger partial charge in [-0.1, -0.05) is 29.3 Å². The molecule has 0 saturated heterocycles. The number of ether oxygens (including phenoxy) is 1. The first-order valence-corrected chi connectivity index (χ1v) is 8.72. The van der Waals surface area contributed by atoms with Crippen LogP contribution >= 0.6 is 34.5 Å². The summed E-state index contributed by atoms with van der Waals surface area (Å²) < 4.78 is 5.93. The summed E-state index contributed by atoms with van der Waals surface area (Å²) in [5, 5.41) is 6.79. The van der Waals surface area contributed by atoms with E-state index >= 15 is 0 Å². The molecule has 1 heterocycles. The Morgan fingerprint density at radius 1 is 1.29 bits per heavy atom. The quantitative estimate of drug-likeness (QED) is 0.770. The SMILES string of the molecule is Clc1cc(Cl)c(OCCc2cccs2)c(CNC2CC2)c1. The Morgan fingerprint density at radius 3 is 2.86 bits per heavy atom. The average molecular weight is 342 g/mol. The highest BCUT2D eigenvalue weighted by Gasteiger charge is 2.21. The highest BCUT2D eigenvalue weighted by molar-refractivity contribution is 7.09. The third-order valence-electron chi connectivity index (χ3n) is 3.42. The van der Waals surface area contributed by atoms with Gasteiger partial charge in [0.2, 0.25) is 0 Å². The Kier molecular flexibility index (Phi) is 5.07. The van der Waals surface area contributed by atoms with E-state index < -0.39 is 0 Å². The van der Waals surface area contributed by atoms with Crippen molar-refractivity contribution in [2.75, 3.05) is 6.61 Å². The largest absolute Gasteiger partial charge is 0.491 e. The highest BCUT2D eigenvalue weighted by atomic mass is 35.5. The number of thiophene rings is 1. The van der Waals surface area contributed by atoms with E-state index in [1.165, 1.54) is 17.7 Å². The van der Waals surface area contributed by atoms with E-state index in [1.807, 2.05) is 6.07 Å². The van der Waals surface area contributed by atoms with E-state index in [4.69, 9.17) is 27.9 Å². The van der Waals surface area contributed by atoms with Crippen LogP contribution in [0.3, 0.4) is 0 Å². The van der Waals surface area contributed by atoms with Gasteiger partial charge >= 0.3 is 0 Å². The molecule has 21 heavy (non-hydrogen) atoms. The Bertz CT molecular complexity index is 597. The fourth-order valence-electron chi connectivity index (χ4n) is 2.16. The van der Waals surface area contributed by atoms with Crippen molar-refractivity contribution in [3.63, 3.8) is 0 Å². The zero-order valence-corrected chi connectivity index (χ0v) is 13.9. The Hall–Kier alpha value is -0.740. The summed E-state index contributed by atoms with van der Waals surface area (Å²) in [6, 6.07) is 8.49. The lowest BCUT2D eigenvalue weighted by molar-refractivity contribution is 0.319. The van der Waals surface area contributed by atoms with Gasteiger partial charge in [-0.25, -0.2) is 0 Å². The van der Waals surface area contributed by atoms with Crippen LogP contribution < -0.4 is 10.1 Å². The molecule has 5 heteroatoms. The summed E-state index contributed by atoms with van der Waals surface area (Å²) in [5.41, 5.74) is 1.03. The van der Waals surface area contributed by atoms with Gasteiger partial charge in [0.15, 0.2) is 0 Å². The van der Waals surface area contributed by atoms with Crippen LogP contribution in [0.5, 0.6) is 5.75 Å². The molecule has 1 aromatic heterocycles. The second-order valence-electron chi connectivity index (χ2n) is 5.21. The molecular weight excluding hydrogens is 325 g/mol. The van der Waals surface area contributed by atoms with Crippen LogP contribution in [0.25, 0.3) is 0 Å². The molecule has 0 atom stereocenters. The van der Waals surface area contributed by atoms with E-state index in [2.05, 4.69) is 22.8 Å². The lowest BCUT2D eigenvalue weighted by Crippen LogP contribution is -2.16. The number of benzene rings is 1. The van der Waals surface area contributed by atoms with E-state index in [0.717, 1.165) is 24.3 Å². The molecule has 1 saturated carbocycles. The van der Waals surface area contributed by atoms with E-state index in [1.54, 1.807) is 17.4 Å². The third-order valence-corrected chi connectivity index (χ3v) is 4.85. The van der Waals surface area contributed by atoms with Crippen molar-refractivity contribution in [2.45, 2.75) is 31.8 Å². The van der Waals surface area contributed by atoms with Crippen LogP contribution in [0, 0.1) is 0 Å². The normalized spacial score (nSPS) is 14.4. The molecule has 1 N–H and O–H groups in total. The second kappa shape index (κ2) is 7.01. The van der Waals surface area contributed by atoms with Crippen molar-refractivity contribution < 1.29 is 4.74 Å². The van der Waals surface area contributed by atoms with Crippen LogP contribution in [0.2, 0.25) is 10.0 Å². The molecule has 1 aliphatic carbocycles. The molecular formula is C16H17Cl2NOS. The van der Waals surface area contributed by atoms with Crippen molar-refractivity contribution in [3.8, 4) is 5.75 Å². The smallest absolute Gasteiger partial charge is 0.142 e. The molecule has 0 bridgehead atoms.